The first-order valence-corrected chi connectivity index (χ1v) is 9.23. The third-order valence-electron chi connectivity index (χ3n) is 3.56. The topological polar surface area (TPSA) is 102 Å². The average Bonchev–Trinajstić information content (AvgIpc) is 3.17. The molecule has 0 fully saturated rings. The fraction of sp³-hybridized carbons (Fsp3) is 0.105. The summed E-state index contributed by atoms with van der Waals surface area (Å²) in [5.74, 6) is -0.710. The zero-order valence-electron chi connectivity index (χ0n) is 15.5. The Bertz CT molecular complexity index is 1030. The first-order valence-electron chi connectivity index (χ1n) is 8.35. The summed E-state index contributed by atoms with van der Waals surface area (Å²) < 4.78 is 25.1. The van der Waals surface area contributed by atoms with Gasteiger partial charge in [0.25, 0.3) is 0 Å². The van der Waals surface area contributed by atoms with Crippen molar-refractivity contribution in [3.05, 3.63) is 53.8 Å². The van der Waals surface area contributed by atoms with Crippen molar-refractivity contribution in [2.75, 3.05) is 23.1 Å². The number of nitrogens with zero attached hydrogens (tertiary/aromatic N) is 1. The molecule has 3 N–H and O–H groups in total. The maximum atomic E-state index is 14.3. The second-order valence-corrected chi connectivity index (χ2v) is 6.58. The summed E-state index contributed by atoms with van der Waals surface area (Å²) in [5.41, 5.74) is 0.630. The van der Waals surface area contributed by atoms with Crippen molar-refractivity contribution in [1.29, 1.82) is 0 Å². The van der Waals surface area contributed by atoms with Gasteiger partial charge in [0, 0.05) is 24.2 Å². The molecule has 1 heterocycles. The SMILES string of the molecule is COc1cccc(F)c1Oc1ccc(NC(C)=O)cc1NC(=O)Nc1nccs1. The molecule has 3 amide bonds. The second kappa shape index (κ2) is 9.02. The van der Waals surface area contributed by atoms with Crippen LogP contribution in [0.15, 0.2) is 48.0 Å². The highest BCUT2D eigenvalue weighted by molar-refractivity contribution is 7.13. The molecule has 0 atom stereocenters. The Kier molecular flexibility index (Phi) is 6.25. The molecule has 0 aliphatic carbocycles. The highest BCUT2D eigenvalue weighted by Crippen LogP contribution is 2.38. The largest absolute Gasteiger partial charge is 0.493 e. The number of halogens is 1. The molecule has 0 aliphatic rings. The van der Waals surface area contributed by atoms with Crippen molar-refractivity contribution >= 4 is 39.8 Å². The number of carbonyl (C=O) groups excluding carboxylic acids is 2. The number of amides is 3. The second-order valence-electron chi connectivity index (χ2n) is 5.68. The third-order valence-corrected chi connectivity index (χ3v) is 4.25. The summed E-state index contributed by atoms with van der Waals surface area (Å²) in [4.78, 5) is 27.6. The zero-order valence-corrected chi connectivity index (χ0v) is 16.3. The van der Waals surface area contributed by atoms with Gasteiger partial charge < -0.3 is 20.1 Å². The molecular weight excluding hydrogens is 399 g/mol. The number of benzene rings is 2. The molecule has 8 nitrogen and oxygen atoms in total. The quantitative estimate of drug-likeness (QED) is 0.541. The Labute approximate surface area is 169 Å². The first-order chi connectivity index (χ1) is 14.0. The molecule has 1 aromatic heterocycles. The third kappa shape index (κ3) is 5.20. The molecule has 10 heteroatoms. The number of rotatable bonds is 6. The number of hydrogen-bond acceptors (Lipinski definition) is 6. The van der Waals surface area contributed by atoms with Gasteiger partial charge >= 0.3 is 6.03 Å². The highest BCUT2D eigenvalue weighted by Gasteiger charge is 2.16. The summed E-state index contributed by atoms with van der Waals surface area (Å²) in [7, 11) is 1.39. The van der Waals surface area contributed by atoms with Crippen LogP contribution in [0, 0.1) is 5.82 Å². The fourth-order valence-electron chi connectivity index (χ4n) is 2.39. The Morgan fingerprint density at radius 1 is 1.10 bits per heavy atom. The minimum absolute atomic E-state index is 0.134. The molecule has 2 aromatic carbocycles. The maximum absolute atomic E-state index is 14.3. The number of carbonyl (C=O) groups is 2. The lowest BCUT2D eigenvalue weighted by atomic mass is 10.2. The van der Waals surface area contributed by atoms with E-state index in [9.17, 15) is 14.0 Å². The van der Waals surface area contributed by atoms with Crippen molar-refractivity contribution in [3.8, 4) is 17.2 Å². The predicted octanol–water partition coefficient (Wildman–Crippen LogP) is 4.69. The normalized spacial score (nSPS) is 10.2. The van der Waals surface area contributed by atoms with Crippen LogP contribution in [0.5, 0.6) is 17.2 Å². The van der Waals surface area contributed by atoms with Crippen molar-refractivity contribution < 1.29 is 23.5 Å². The zero-order chi connectivity index (χ0) is 20.8. The van der Waals surface area contributed by atoms with E-state index in [-0.39, 0.29) is 28.8 Å². The van der Waals surface area contributed by atoms with E-state index >= 15 is 0 Å². The Balaban J connectivity index is 1.91. The lowest BCUT2D eigenvalue weighted by Gasteiger charge is -2.16. The van der Waals surface area contributed by atoms with E-state index in [1.807, 2.05) is 0 Å². The maximum Gasteiger partial charge on any atom is 0.325 e. The van der Waals surface area contributed by atoms with Gasteiger partial charge in [-0.2, -0.15) is 0 Å². The van der Waals surface area contributed by atoms with Crippen LogP contribution in [0.1, 0.15) is 6.92 Å². The monoisotopic (exact) mass is 416 g/mol. The number of thiazole rings is 1. The van der Waals surface area contributed by atoms with Gasteiger partial charge in [0.05, 0.1) is 12.8 Å². The lowest BCUT2D eigenvalue weighted by Crippen LogP contribution is -2.20. The van der Waals surface area contributed by atoms with Gasteiger partial charge in [-0.15, -0.1) is 11.3 Å². The molecule has 29 heavy (non-hydrogen) atoms. The van der Waals surface area contributed by atoms with Gasteiger partial charge in [0.1, 0.15) is 0 Å². The molecule has 0 spiro atoms. The fourth-order valence-corrected chi connectivity index (χ4v) is 2.92. The highest BCUT2D eigenvalue weighted by atomic mass is 32.1. The van der Waals surface area contributed by atoms with Gasteiger partial charge in [-0.05, 0) is 30.3 Å². The van der Waals surface area contributed by atoms with Crippen LogP contribution < -0.4 is 25.4 Å². The summed E-state index contributed by atoms with van der Waals surface area (Å²) in [5, 5.41) is 9.92. The molecule has 3 rings (SSSR count). The van der Waals surface area contributed by atoms with Crippen LogP contribution in [0.4, 0.5) is 25.7 Å². The van der Waals surface area contributed by atoms with Crippen molar-refractivity contribution in [2.24, 2.45) is 0 Å². The number of anilines is 3. The van der Waals surface area contributed by atoms with E-state index in [0.717, 1.165) is 0 Å². The number of para-hydroxylation sites is 1. The van der Waals surface area contributed by atoms with Crippen molar-refractivity contribution in [1.82, 2.24) is 4.98 Å². The predicted molar refractivity (Wildman–Crippen MR) is 109 cm³/mol. The number of hydrogen-bond donors (Lipinski definition) is 3. The van der Waals surface area contributed by atoms with E-state index < -0.39 is 11.8 Å². The molecular formula is C19H17FN4O4S. The van der Waals surface area contributed by atoms with Crippen LogP contribution in [0.2, 0.25) is 0 Å². The number of aromatic nitrogens is 1. The van der Waals surface area contributed by atoms with Crippen LogP contribution in [-0.4, -0.2) is 24.0 Å². The molecule has 0 bridgehead atoms. The molecule has 3 aromatic rings. The van der Waals surface area contributed by atoms with Crippen molar-refractivity contribution in [2.45, 2.75) is 6.92 Å². The number of nitrogens with one attached hydrogen (secondary N) is 3. The van der Waals surface area contributed by atoms with E-state index in [1.165, 1.54) is 49.6 Å². The summed E-state index contributed by atoms with van der Waals surface area (Å²) in [6, 6.07) is 8.24. The summed E-state index contributed by atoms with van der Waals surface area (Å²) >= 11 is 1.25. The minimum atomic E-state index is -0.631. The lowest BCUT2D eigenvalue weighted by molar-refractivity contribution is -0.114. The average molecular weight is 416 g/mol. The summed E-state index contributed by atoms with van der Waals surface area (Å²) in [6.07, 6.45) is 1.55. The van der Waals surface area contributed by atoms with E-state index in [2.05, 4.69) is 20.9 Å². The van der Waals surface area contributed by atoms with Crippen molar-refractivity contribution in [3.63, 3.8) is 0 Å². The van der Waals surface area contributed by atoms with Gasteiger partial charge in [-0.1, -0.05) is 6.07 Å². The van der Waals surface area contributed by atoms with Gasteiger partial charge in [-0.3, -0.25) is 10.1 Å². The molecule has 0 saturated carbocycles. The van der Waals surface area contributed by atoms with Gasteiger partial charge in [-0.25, -0.2) is 14.2 Å². The van der Waals surface area contributed by atoms with Crippen LogP contribution in [0.3, 0.4) is 0 Å². The number of methoxy groups -OCH3 is 1. The minimum Gasteiger partial charge on any atom is -0.493 e. The smallest absolute Gasteiger partial charge is 0.325 e. The van der Waals surface area contributed by atoms with E-state index in [1.54, 1.807) is 23.7 Å². The molecule has 150 valence electrons. The Morgan fingerprint density at radius 3 is 2.62 bits per heavy atom. The number of urea groups is 1. The van der Waals surface area contributed by atoms with Gasteiger partial charge in [0.15, 0.2) is 22.4 Å². The first kappa shape index (κ1) is 20.1. The van der Waals surface area contributed by atoms with Crippen LogP contribution in [0.25, 0.3) is 0 Å². The molecule has 0 aliphatic heterocycles. The standard InChI is InChI=1S/C19H17FN4O4S/c1-11(25)22-12-6-7-15(28-17-13(20)4-3-5-16(17)27-2)14(10-12)23-18(26)24-19-21-8-9-29-19/h3-10H,1-2H3,(H,22,25)(H2,21,23,24,26). The summed E-state index contributed by atoms with van der Waals surface area (Å²) in [6.45, 7) is 1.36. The molecule has 0 unspecified atom stereocenters. The molecule has 0 radical (unpaired) electrons. The van der Waals surface area contributed by atoms with Crippen LogP contribution >= 0.6 is 11.3 Å². The Hall–Kier alpha value is -3.66. The molecule has 0 saturated heterocycles. The van der Waals surface area contributed by atoms with E-state index in [0.29, 0.717) is 10.8 Å². The number of ether oxygens (including phenoxy) is 2. The Morgan fingerprint density at radius 2 is 1.93 bits per heavy atom. The van der Waals surface area contributed by atoms with Gasteiger partial charge in [0.2, 0.25) is 11.7 Å². The van der Waals surface area contributed by atoms with E-state index in [4.69, 9.17) is 9.47 Å². The van der Waals surface area contributed by atoms with Crippen LogP contribution in [-0.2, 0) is 4.79 Å².